The van der Waals surface area contributed by atoms with Crippen molar-refractivity contribution in [3.05, 3.63) is 99.7 Å². The van der Waals surface area contributed by atoms with Gasteiger partial charge >= 0.3 is 0 Å². The number of non-ortho nitro benzene ring substituents is 1. The summed E-state index contributed by atoms with van der Waals surface area (Å²) in [5.41, 5.74) is 2.91. The van der Waals surface area contributed by atoms with Crippen LogP contribution in [0.2, 0.25) is 0 Å². The Balaban J connectivity index is 1.68. The van der Waals surface area contributed by atoms with Crippen LogP contribution in [0.1, 0.15) is 21.5 Å². The topological polar surface area (TPSA) is 99.9 Å². The molecule has 8 heteroatoms. The lowest BCUT2D eigenvalue weighted by atomic mass is 10.1. The zero-order valence-electron chi connectivity index (χ0n) is 19.0. The molecule has 0 aliphatic carbocycles. The molecule has 0 heterocycles. The van der Waals surface area contributed by atoms with Gasteiger partial charge in [-0.2, -0.15) is 0 Å². The SMILES string of the molecule is COc1cc(/C=C\c2cccc(N/C=C\C(=O)c3ccc([N+](=O)[O-])cc3)c2)cc(OC)c1OC. The number of allylic oxidation sites excluding steroid dienone is 1. The van der Waals surface area contributed by atoms with Crippen molar-refractivity contribution < 1.29 is 23.9 Å². The Kier molecular flexibility index (Phi) is 8.02. The monoisotopic (exact) mass is 460 g/mol. The summed E-state index contributed by atoms with van der Waals surface area (Å²) in [5, 5.41) is 13.8. The number of carbonyl (C=O) groups is 1. The van der Waals surface area contributed by atoms with E-state index >= 15 is 0 Å². The normalized spacial score (nSPS) is 10.9. The molecule has 0 unspecified atom stereocenters. The molecule has 3 aromatic rings. The van der Waals surface area contributed by atoms with Gasteiger partial charge in [-0.3, -0.25) is 14.9 Å². The zero-order chi connectivity index (χ0) is 24.5. The van der Waals surface area contributed by atoms with Gasteiger partial charge in [0.2, 0.25) is 5.75 Å². The number of nitro groups is 1. The summed E-state index contributed by atoms with van der Waals surface area (Å²) in [6, 6.07) is 16.8. The number of anilines is 1. The maximum Gasteiger partial charge on any atom is 0.269 e. The summed E-state index contributed by atoms with van der Waals surface area (Å²) in [6.07, 6.45) is 6.78. The van der Waals surface area contributed by atoms with E-state index in [2.05, 4.69) is 5.32 Å². The number of hydrogen-bond donors (Lipinski definition) is 1. The first kappa shape index (κ1) is 24.1. The van der Waals surface area contributed by atoms with Crippen molar-refractivity contribution in [1.82, 2.24) is 0 Å². The fraction of sp³-hybridized carbons (Fsp3) is 0.115. The highest BCUT2D eigenvalue weighted by molar-refractivity contribution is 6.04. The van der Waals surface area contributed by atoms with Crippen molar-refractivity contribution >= 4 is 29.3 Å². The molecule has 8 nitrogen and oxygen atoms in total. The minimum Gasteiger partial charge on any atom is -0.493 e. The first-order valence-electron chi connectivity index (χ1n) is 10.2. The molecule has 0 saturated carbocycles. The van der Waals surface area contributed by atoms with E-state index in [1.807, 2.05) is 48.6 Å². The van der Waals surface area contributed by atoms with Crippen LogP contribution in [-0.4, -0.2) is 32.0 Å². The van der Waals surface area contributed by atoms with E-state index in [-0.39, 0.29) is 11.5 Å². The maximum atomic E-state index is 12.3. The Morgan fingerprint density at radius 2 is 1.53 bits per heavy atom. The summed E-state index contributed by atoms with van der Waals surface area (Å²) < 4.78 is 16.1. The van der Waals surface area contributed by atoms with E-state index < -0.39 is 4.92 Å². The van der Waals surface area contributed by atoms with Gasteiger partial charge in [-0.15, -0.1) is 0 Å². The van der Waals surface area contributed by atoms with Crippen LogP contribution in [0.3, 0.4) is 0 Å². The largest absolute Gasteiger partial charge is 0.493 e. The van der Waals surface area contributed by atoms with E-state index in [0.717, 1.165) is 16.8 Å². The van der Waals surface area contributed by atoms with Crippen molar-refractivity contribution in [3.8, 4) is 17.2 Å². The van der Waals surface area contributed by atoms with Crippen molar-refractivity contribution in [2.45, 2.75) is 0 Å². The van der Waals surface area contributed by atoms with Gasteiger partial charge in [0.1, 0.15) is 0 Å². The van der Waals surface area contributed by atoms with Gasteiger partial charge in [-0.05, 0) is 47.5 Å². The summed E-state index contributed by atoms with van der Waals surface area (Å²) in [4.78, 5) is 22.5. The number of nitrogens with zero attached hydrogens (tertiary/aromatic N) is 1. The van der Waals surface area contributed by atoms with Gasteiger partial charge in [0, 0.05) is 35.7 Å². The number of rotatable bonds is 10. The molecule has 0 aliphatic heterocycles. The number of carbonyl (C=O) groups excluding carboxylic acids is 1. The molecule has 0 saturated heterocycles. The third-order valence-corrected chi connectivity index (χ3v) is 4.89. The molecule has 0 radical (unpaired) electrons. The molecule has 3 rings (SSSR count). The molecule has 34 heavy (non-hydrogen) atoms. The van der Waals surface area contributed by atoms with E-state index in [9.17, 15) is 14.9 Å². The van der Waals surface area contributed by atoms with Gasteiger partial charge in [-0.1, -0.05) is 24.3 Å². The number of ether oxygens (including phenoxy) is 3. The Labute approximate surface area is 197 Å². The van der Waals surface area contributed by atoms with Crippen LogP contribution in [0.25, 0.3) is 12.2 Å². The van der Waals surface area contributed by atoms with Crippen molar-refractivity contribution in [3.63, 3.8) is 0 Å². The zero-order valence-corrected chi connectivity index (χ0v) is 19.0. The highest BCUT2D eigenvalue weighted by atomic mass is 16.6. The lowest BCUT2D eigenvalue weighted by Gasteiger charge is -2.12. The Bertz CT molecular complexity index is 1210. The number of benzene rings is 3. The number of ketones is 1. The number of hydrogen-bond acceptors (Lipinski definition) is 7. The Morgan fingerprint density at radius 1 is 0.882 bits per heavy atom. The van der Waals surface area contributed by atoms with Gasteiger partial charge in [0.25, 0.3) is 5.69 Å². The molecular formula is C26H24N2O6. The van der Waals surface area contributed by atoms with Gasteiger partial charge in [-0.25, -0.2) is 0 Å². The fourth-order valence-corrected chi connectivity index (χ4v) is 3.18. The standard InChI is InChI=1S/C26H24N2O6/c1-32-24-16-19(17-25(33-2)26(24)34-3)8-7-18-5-4-6-21(15-18)27-14-13-23(29)20-9-11-22(12-10-20)28(30)31/h4-17,27H,1-3H3/b8-7-,14-13-. The molecule has 1 N–H and O–H groups in total. The summed E-state index contributed by atoms with van der Waals surface area (Å²) in [7, 11) is 4.70. The predicted molar refractivity (Wildman–Crippen MR) is 132 cm³/mol. The van der Waals surface area contributed by atoms with Crippen molar-refractivity contribution in [1.29, 1.82) is 0 Å². The molecule has 0 spiro atoms. The Hall–Kier alpha value is -4.59. The van der Waals surface area contributed by atoms with Crippen LogP contribution in [0, 0.1) is 10.1 Å². The second kappa shape index (κ2) is 11.3. The second-order valence-electron chi connectivity index (χ2n) is 7.06. The molecule has 3 aromatic carbocycles. The number of nitrogens with one attached hydrogen (secondary N) is 1. The van der Waals surface area contributed by atoms with Crippen LogP contribution < -0.4 is 19.5 Å². The minimum absolute atomic E-state index is 0.0601. The van der Waals surface area contributed by atoms with Crippen molar-refractivity contribution in [2.24, 2.45) is 0 Å². The predicted octanol–water partition coefficient (Wildman–Crippen LogP) is 5.60. The van der Waals surface area contributed by atoms with Crippen molar-refractivity contribution in [2.75, 3.05) is 26.6 Å². The molecule has 0 atom stereocenters. The lowest BCUT2D eigenvalue weighted by molar-refractivity contribution is -0.384. The minimum atomic E-state index is -0.505. The van der Waals surface area contributed by atoms with E-state index in [4.69, 9.17) is 14.2 Å². The highest BCUT2D eigenvalue weighted by Crippen LogP contribution is 2.38. The van der Waals surface area contributed by atoms with Crippen LogP contribution in [-0.2, 0) is 0 Å². The van der Waals surface area contributed by atoms with E-state index in [0.29, 0.717) is 22.8 Å². The number of nitro benzene ring substituents is 1. The first-order chi connectivity index (χ1) is 16.4. The Morgan fingerprint density at radius 3 is 2.12 bits per heavy atom. The van der Waals surface area contributed by atoms with E-state index in [1.165, 1.54) is 36.5 Å². The van der Waals surface area contributed by atoms with Crippen LogP contribution in [0.5, 0.6) is 17.2 Å². The lowest BCUT2D eigenvalue weighted by Crippen LogP contribution is -1.97. The first-order valence-corrected chi connectivity index (χ1v) is 10.2. The smallest absolute Gasteiger partial charge is 0.269 e. The van der Waals surface area contributed by atoms with Crippen LogP contribution in [0.15, 0.2) is 72.9 Å². The highest BCUT2D eigenvalue weighted by Gasteiger charge is 2.12. The van der Waals surface area contributed by atoms with Crippen LogP contribution >= 0.6 is 0 Å². The third kappa shape index (κ3) is 6.01. The fourth-order valence-electron chi connectivity index (χ4n) is 3.18. The van der Waals surface area contributed by atoms with Gasteiger partial charge in [0.15, 0.2) is 17.3 Å². The summed E-state index contributed by atoms with van der Waals surface area (Å²) >= 11 is 0. The summed E-state index contributed by atoms with van der Waals surface area (Å²) in [5.74, 6) is 1.41. The molecule has 0 aliphatic rings. The molecule has 174 valence electrons. The quantitative estimate of drug-likeness (QED) is 0.138. The molecular weight excluding hydrogens is 436 g/mol. The molecule has 0 aromatic heterocycles. The van der Waals surface area contributed by atoms with Crippen LogP contribution in [0.4, 0.5) is 11.4 Å². The van der Waals surface area contributed by atoms with E-state index in [1.54, 1.807) is 21.3 Å². The molecule has 0 amide bonds. The average Bonchev–Trinajstić information content (AvgIpc) is 2.86. The summed E-state index contributed by atoms with van der Waals surface area (Å²) in [6.45, 7) is 0. The van der Waals surface area contributed by atoms with Gasteiger partial charge < -0.3 is 19.5 Å². The second-order valence-corrected chi connectivity index (χ2v) is 7.06. The average molecular weight is 460 g/mol. The maximum absolute atomic E-state index is 12.3. The van der Waals surface area contributed by atoms with Gasteiger partial charge in [0.05, 0.1) is 26.3 Å². The molecule has 0 bridgehead atoms. The molecule has 0 fully saturated rings. The number of methoxy groups -OCH3 is 3. The third-order valence-electron chi connectivity index (χ3n) is 4.89.